The van der Waals surface area contributed by atoms with Crippen molar-refractivity contribution in [2.24, 2.45) is 0 Å². The molecule has 1 saturated heterocycles. The number of rotatable bonds is 3. The van der Waals surface area contributed by atoms with E-state index in [1.807, 2.05) is 47.5 Å². The highest BCUT2D eigenvalue weighted by Crippen LogP contribution is 2.22. The molecule has 0 spiro atoms. The topological polar surface area (TPSA) is 49.6 Å². The molecule has 1 fully saturated rings. The highest BCUT2D eigenvalue weighted by atomic mass is 16.3. The maximum Gasteiger partial charge on any atom is 0.289 e. The third-order valence-corrected chi connectivity index (χ3v) is 5.41. The van der Waals surface area contributed by atoms with Crippen molar-refractivity contribution in [1.29, 1.82) is 0 Å². The molecule has 2 aromatic heterocycles. The molecule has 2 aromatic carbocycles. The quantitative estimate of drug-likeness (QED) is 0.547. The van der Waals surface area contributed by atoms with Crippen molar-refractivity contribution in [3.05, 3.63) is 78.2 Å². The average molecular weight is 371 g/mol. The van der Waals surface area contributed by atoms with E-state index in [-0.39, 0.29) is 5.91 Å². The number of piperazine rings is 1. The van der Waals surface area contributed by atoms with Gasteiger partial charge in [-0.1, -0.05) is 42.5 Å². The molecule has 3 heterocycles. The van der Waals surface area contributed by atoms with E-state index in [1.54, 1.807) is 0 Å². The van der Waals surface area contributed by atoms with Crippen LogP contribution in [0, 0.1) is 0 Å². The van der Waals surface area contributed by atoms with E-state index in [4.69, 9.17) is 4.42 Å². The van der Waals surface area contributed by atoms with Crippen molar-refractivity contribution in [2.75, 3.05) is 26.2 Å². The molecule has 1 aliphatic heterocycles. The summed E-state index contributed by atoms with van der Waals surface area (Å²) < 4.78 is 5.74. The molecule has 0 unspecified atom stereocenters. The molecule has 4 aromatic rings. The van der Waals surface area contributed by atoms with Gasteiger partial charge in [0.25, 0.3) is 5.91 Å². The fourth-order valence-electron chi connectivity index (χ4n) is 3.89. The number of fused-ring (bicyclic) bond motifs is 2. The summed E-state index contributed by atoms with van der Waals surface area (Å²) in [5, 5.41) is 2.13. The molecule has 1 aliphatic rings. The lowest BCUT2D eigenvalue weighted by atomic mass is 10.1. The number of nitrogens with zero attached hydrogens (tertiary/aromatic N) is 3. The van der Waals surface area contributed by atoms with E-state index in [2.05, 4.69) is 34.1 Å². The first-order valence-electron chi connectivity index (χ1n) is 9.61. The van der Waals surface area contributed by atoms with Crippen molar-refractivity contribution in [3.8, 4) is 0 Å². The van der Waals surface area contributed by atoms with E-state index in [9.17, 15) is 4.79 Å². The molecule has 0 N–H and O–H groups in total. The van der Waals surface area contributed by atoms with Gasteiger partial charge in [0.1, 0.15) is 5.58 Å². The van der Waals surface area contributed by atoms with Gasteiger partial charge in [-0.2, -0.15) is 0 Å². The molecule has 0 saturated carbocycles. The number of amides is 1. The monoisotopic (exact) mass is 371 g/mol. The molecule has 28 heavy (non-hydrogen) atoms. The van der Waals surface area contributed by atoms with Gasteiger partial charge >= 0.3 is 0 Å². The van der Waals surface area contributed by atoms with Crippen LogP contribution in [0.25, 0.3) is 21.9 Å². The number of benzene rings is 2. The Hall–Kier alpha value is -3.18. The van der Waals surface area contributed by atoms with Crippen molar-refractivity contribution in [1.82, 2.24) is 14.8 Å². The summed E-state index contributed by atoms with van der Waals surface area (Å²) >= 11 is 0. The Kier molecular flexibility index (Phi) is 4.29. The van der Waals surface area contributed by atoms with Crippen LogP contribution in [0.3, 0.4) is 0 Å². The van der Waals surface area contributed by atoms with Gasteiger partial charge in [0.15, 0.2) is 5.76 Å². The summed E-state index contributed by atoms with van der Waals surface area (Å²) in [6, 6.07) is 19.9. The Labute approximate surface area is 163 Å². The molecule has 5 heteroatoms. The minimum absolute atomic E-state index is 0.0253. The van der Waals surface area contributed by atoms with E-state index < -0.39 is 0 Å². The summed E-state index contributed by atoms with van der Waals surface area (Å²) in [5.74, 6) is 0.399. The number of para-hydroxylation sites is 2. The Morgan fingerprint density at radius 3 is 2.57 bits per heavy atom. The van der Waals surface area contributed by atoms with Crippen molar-refractivity contribution >= 4 is 27.8 Å². The maximum atomic E-state index is 12.8. The van der Waals surface area contributed by atoms with Gasteiger partial charge in [-0.25, -0.2) is 0 Å². The van der Waals surface area contributed by atoms with Crippen LogP contribution in [0.2, 0.25) is 0 Å². The minimum Gasteiger partial charge on any atom is -0.451 e. The molecule has 0 atom stereocenters. The predicted molar refractivity (Wildman–Crippen MR) is 109 cm³/mol. The molecule has 5 nitrogen and oxygen atoms in total. The van der Waals surface area contributed by atoms with Gasteiger partial charge in [0.05, 0.1) is 5.52 Å². The summed E-state index contributed by atoms with van der Waals surface area (Å²) in [4.78, 5) is 21.6. The lowest BCUT2D eigenvalue weighted by molar-refractivity contribution is 0.0600. The third-order valence-electron chi connectivity index (χ3n) is 5.41. The number of aromatic nitrogens is 1. The lowest BCUT2D eigenvalue weighted by Gasteiger charge is -2.34. The van der Waals surface area contributed by atoms with Gasteiger partial charge in [-0.3, -0.25) is 14.7 Å². The smallest absolute Gasteiger partial charge is 0.289 e. The van der Waals surface area contributed by atoms with Gasteiger partial charge in [-0.05, 0) is 23.8 Å². The fourth-order valence-corrected chi connectivity index (χ4v) is 3.89. The SMILES string of the molecule is O=C(c1cc2ccccc2o1)N1CCN(Cc2cccc3cccnc23)CC1. The number of pyridine rings is 1. The van der Waals surface area contributed by atoms with Crippen LogP contribution in [0.4, 0.5) is 0 Å². The Morgan fingerprint density at radius 1 is 0.929 bits per heavy atom. The minimum atomic E-state index is -0.0253. The zero-order valence-electron chi connectivity index (χ0n) is 15.5. The van der Waals surface area contributed by atoms with E-state index in [0.717, 1.165) is 36.1 Å². The lowest BCUT2D eigenvalue weighted by Crippen LogP contribution is -2.48. The zero-order chi connectivity index (χ0) is 18.9. The van der Waals surface area contributed by atoms with Crippen LogP contribution >= 0.6 is 0 Å². The molecular weight excluding hydrogens is 350 g/mol. The third kappa shape index (κ3) is 3.14. The molecule has 0 bridgehead atoms. The Morgan fingerprint density at radius 2 is 1.71 bits per heavy atom. The second kappa shape index (κ2) is 7.09. The summed E-state index contributed by atoms with van der Waals surface area (Å²) in [6.07, 6.45) is 1.84. The van der Waals surface area contributed by atoms with Crippen molar-refractivity contribution in [3.63, 3.8) is 0 Å². The number of carbonyl (C=O) groups excluding carboxylic acids is 1. The molecule has 5 rings (SSSR count). The van der Waals surface area contributed by atoms with Crippen LogP contribution < -0.4 is 0 Å². The van der Waals surface area contributed by atoms with Gasteiger partial charge in [0.2, 0.25) is 0 Å². The summed E-state index contributed by atoms with van der Waals surface area (Å²) in [7, 11) is 0. The predicted octanol–water partition coefficient (Wildman–Crippen LogP) is 3.94. The largest absolute Gasteiger partial charge is 0.451 e. The first-order valence-corrected chi connectivity index (χ1v) is 9.61. The van der Waals surface area contributed by atoms with Gasteiger partial charge in [0, 0.05) is 49.7 Å². The Bertz CT molecular complexity index is 1100. The van der Waals surface area contributed by atoms with Crippen molar-refractivity contribution in [2.45, 2.75) is 6.54 Å². The van der Waals surface area contributed by atoms with Gasteiger partial charge in [-0.15, -0.1) is 0 Å². The number of hydrogen-bond acceptors (Lipinski definition) is 4. The average Bonchev–Trinajstić information content (AvgIpc) is 3.18. The van der Waals surface area contributed by atoms with Gasteiger partial charge < -0.3 is 9.32 Å². The van der Waals surface area contributed by atoms with E-state index in [1.165, 1.54) is 10.9 Å². The normalized spacial score (nSPS) is 15.4. The molecule has 140 valence electrons. The number of hydrogen-bond donors (Lipinski definition) is 0. The zero-order valence-corrected chi connectivity index (χ0v) is 15.5. The van der Waals surface area contributed by atoms with E-state index >= 15 is 0 Å². The highest BCUT2D eigenvalue weighted by Gasteiger charge is 2.24. The number of carbonyl (C=O) groups is 1. The maximum absolute atomic E-state index is 12.8. The standard InChI is InChI=1S/C23H21N3O2/c27-23(21-15-18-5-1-2-9-20(18)28-21)26-13-11-25(12-14-26)16-19-7-3-6-17-8-4-10-24-22(17)19/h1-10,15H,11-14,16H2. The van der Waals surface area contributed by atoms with Crippen LogP contribution in [-0.2, 0) is 6.54 Å². The summed E-state index contributed by atoms with van der Waals surface area (Å²) in [6.45, 7) is 3.94. The molecule has 0 radical (unpaired) electrons. The highest BCUT2D eigenvalue weighted by molar-refractivity contribution is 5.96. The number of furan rings is 1. The second-order valence-electron chi connectivity index (χ2n) is 7.21. The first-order chi connectivity index (χ1) is 13.8. The van der Waals surface area contributed by atoms with Crippen LogP contribution in [0.5, 0.6) is 0 Å². The van der Waals surface area contributed by atoms with Crippen molar-refractivity contribution < 1.29 is 9.21 Å². The second-order valence-corrected chi connectivity index (χ2v) is 7.21. The van der Waals surface area contributed by atoms with Crippen LogP contribution in [-0.4, -0.2) is 46.9 Å². The van der Waals surface area contributed by atoms with Crippen LogP contribution in [0.15, 0.2) is 71.3 Å². The summed E-state index contributed by atoms with van der Waals surface area (Å²) in [5.41, 5.74) is 3.05. The molecular formula is C23H21N3O2. The van der Waals surface area contributed by atoms with E-state index in [0.29, 0.717) is 18.8 Å². The fraction of sp³-hybridized carbons (Fsp3) is 0.217. The first kappa shape index (κ1) is 17.0. The molecule has 1 amide bonds. The molecule has 0 aliphatic carbocycles. The van der Waals surface area contributed by atoms with Crippen LogP contribution in [0.1, 0.15) is 16.1 Å². The Balaban J connectivity index is 1.26.